The normalized spacial score (nSPS) is 31.2. The van der Waals surface area contributed by atoms with E-state index in [1.54, 1.807) is 11.3 Å². The van der Waals surface area contributed by atoms with E-state index in [0.29, 0.717) is 26.3 Å². The van der Waals surface area contributed by atoms with Crippen LogP contribution < -0.4 is 5.32 Å². The van der Waals surface area contributed by atoms with Crippen molar-refractivity contribution in [1.82, 2.24) is 10.2 Å². The van der Waals surface area contributed by atoms with E-state index in [2.05, 4.69) is 16.8 Å². The molecule has 0 saturated carbocycles. The van der Waals surface area contributed by atoms with E-state index in [4.69, 9.17) is 9.47 Å². The molecule has 0 aliphatic carbocycles. The van der Waals surface area contributed by atoms with Crippen LogP contribution in [0, 0.1) is 0 Å². The Morgan fingerprint density at radius 3 is 3.10 bits per heavy atom. The summed E-state index contributed by atoms with van der Waals surface area (Å²) in [6.07, 6.45) is 0.0422. The average molecular weight is 296 g/mol. The lowest BCUT2D eigenvalue weighted by atomic mass is 10.1. The molecular weight excluding hydrogens is 276 g/mol. The van der Waals surface area contributed by atoms with Gasteiger partial charge in [0, 0.05) is 13.1 Å². The summed E-state index contributed by atoms with van der Waals surface area (Å²) in [5, 5.41) is 7.36. The minimum absolute atomic E-state index is 0.0153. The molecule has 20 heavy (non-hydrogen) atoms. The molecule has 3 heterocycles. The fourth-order valence-electron chi connectivity index (χ4n) is 2.72. The van der Waals surface area contributed by atoms with Crippen molar-refractivity contribution in [1.29, 1.82) is 0 Å². The fraction of sp³-hybridized carbons (Fsp3) is 0.643. The molecule has 1 amide bonds. The van der Waals surface area contributed by atoms with Gasteiger partial charge in [-0.3, -0.25) is 4.79 Å². The lowest BCUT2D eigenvalue weighted by Crippen LogP contribution is -2.56. The molecular formula is C14H20N2O3S. The molecule has 5 nitrogen and oxygen atoms in total. The summed E-state index contributed by atoms with van der Waals surface area (Å²) in [6.45, 7) is 5.18. The second-order valence-electron chi connectivity index (χ2n) is 5.32. The summed E-state index contributed by atoms with van der Waals surface area (Å²) in [5.74, 6) is 0.125. The highest BCUT2D eigenvalue weighted by atomic mass is 32.1. The Balaban J connectivity index is 1.67. The second kappa shape index (κ2) is 6.22. The summed E-state index contributed by atoms with van der Waals surface area (Å²) in [7, 11) is 0. The molecule has 3 atom stereocenters. The molecule has 1 aromatic rings. The van der Waals surface area contributed by atoms with Crippen molar-refractivity contribution in [3.8, 4) is 0 Å². The molecule has 110 valence electrons. The zero-order valence-electron chi connectivity index (χ0n) is 11.6. The van der Waals surface area contributed by atoms with Crippen LogP contribution in [0.1, 0.15) is 18.6 Å². The van der Waals surface area contributed by atoms with Crippen molar-refractivity contribution < 1.29 is 14.3 Å². The third kappa shape index (κ3) is 3.03. The van der Waals surface area contributed by atoms with Gasteiger partial charge in [0.15, 0.2) is 0 Å². The van der Waals surface area contributed by atoms with Crippen molar-refractivity contribution in [3.05, 3.63) is 22.4 Å². The zero-order chi connectivity index (χ0) is 13.9. The number of hydrogen-bond acceptors (Lipinski definition) is 5. The third-order valence-electron chi connectivity index (χ3n) is 3.71. The Morgan fingerprint density at radius 2 is 2.40 bits per heavy atom. The van der Waals surface area contributed by atoms with Crippen LogP contribution in [0.15, 0.2) is 16.8 Å². The number of ether oxygens (including phenoxy) is 2. The molecule has 0 bridgehead atoms. The minimum Gasteiger partial charge on any atom is -0.378 e. The van der Waals surface area contributed by atoms with Crippen molar-refractivity contribution >= 4 is 17.2 Å². The van der Waals surface area contributed by atoms with Crippen molar-refractivity contribution in [2.24, 2.45) is 0 Å². The smallest absolute Gasteiger partial charge is 0.242 e. The van der Waals surface area contributed by atoms with Gasteiger partial charge in [-0.25, -0.2) is 0 Å². The number of morpholine rings is 2. The Bertz CT molecular complexity index is 445. The van der Waals surface area contributed by atoms with Crippen LogP contribution in [0.4, 0.5) is 0 Å². The fourth-order valence-corrected chi connectivity index (χ4v) is 3.42. The molecule has 2 aliphatic rings. The Kier molecular flexibility index (Phi) is 4.35. The minimum atomic E-state index is -0.211. The average Bonchev–Trinajstić information content (AvgIpc) is 3.01. The number of thiophene rings is 1. The quantitative estimate of drug-likeness (QED) is 0.885. The van der Waals surface area contributed by atoms with Gasteiger partial charge in [0.1, 0.15) is 12.1 Å². The highest BCUT2D eigenvalue weighted by Gasteiger charge is 2.33. The van der Waals surface area contributed by atoms with Crippen molar-refractivity contribution in [2.75, 3.05) is 32.8 Å². The maximum absolute atomic E-state index is 12.5. The summed E-state index contributed by atoms with van der Waals surface area (Å²) in [5.41, 5.74) is 1.16. The summed E-state index contributed by atoms with van der Waals surface area (Å²) >= 11 is 1.66. The predicted octanol–water partition coefficient (Wildman–Crippen LogP) is 1.02. The standard InChI is InChI=1S/C14H20N2O3S/c1-10-6-16(14(17)12-8-18-4-3-15-12)7-13(19-10)11-2-5-20-9-11/h2,5,9-10,12-13,15H,3-4,6-8H2,1H3/t10-,12+,13+/m1/s1. The first-order valence-corrected chi connectivity index (χ1v) is 7.96. The second-order valence-corrected chi connectivity index (χ2v) is 6.10. The molecule has 0 spiro atoms. The number of amides is 1. The van der Waals surface area contributed by atoms with E-state index in [9.17, 15) is 4.79 Å². The molecule has 0 radical (unpaired) electrons. The number of hydrogen-bond donors (Lipinski definition) is 1. The molecule has 2 saturated heterocycles. The van der Waals surface area contributed by atoms with Gasteiger partial charge in [0.2, 0.25) is 5.91 Å². The third-order valence-corrected chi connectivity index (χ3v) is 4.41. The monoisotopic (exact) mass is 296 g/mol. The van der Waals surface area contributed by atoms with Gasteiger partial charge in [0.25, 0.3) is 0 Å². The summed E-state index contributed by atoms with van der Waals surface area (Å²) in [4.78, 5) is 14.4. The molecule has 1 aromatic heterocycles. The highest BCUT2D eigenvalue weighted by Crippen LogP contribution is 2.27. The first-order valence-electron chi connectivity index (χ1n) is 7.01. The zero-order valence-corrected chi connectivity index (χ0v) is 12.4. The van der Waals surface area contributed by atoms with Crippen LogP contribution >= 0.6 is 11.3 Å². The number of nitrogens with one attached hydrogen (secondary N) is 1. The molecule has 6 heteroatoms. The van der Waals surface area contributed by atoms with Gasteiger partial charge >= 0.3 is 0 Å². The molecule has 2 fully saturated rings. The van der Waals surface area contributed by atoms with Crippen LogP contribution in [-0.2, 0) is 14.3 Å². The maximum Gasteiger partial charge on any atom is 0.242 e. The predicted molar refractivity (Wildman–Crippen MR) is 76.8 cm³/mol. The maximum atomic E-state index is 12.5. The number of carbonyl (C=O) groups is 1. The lowest BCUT2D eigenvalue weighted by molar-refractivity contribution is -0.149. The van der Waals surface area contributed by atoms with Gasteiger partial charge < -0.3 is 19.7 Å². The number of rotatable bonds is 2. The first kappa shape index (κ1) is 14.0. The van der Waals surface area contributed by atoms with E-state index in [0.717, 1.165) is 12.1 Å². The molecule has 1 N–H and O–H groups in total. The van der Waals surface area contributed by atoms with E-state index < -0.39 is 0 Å². The molecule has 2 aliphatic heterocycles. The summed E-state index contributed by atoms with van der Waals surface area (Å²) in [6, 6.07) is 1.86. The Labute approximate surface area is 122 Å². The van der Waals surface area contributed by atoms with E-state index in [-0.39, 0.29) is 24.2 Å². The van der Waals surface area contributed by atoms with Gasteiger partial charge in [-0.2, -0.15) is 11.3 Å². The first-order chi connectivity index (χ1) is 9.74. The number of nitrogens with zero attached hydrogens (tertiary/aromatic N) is 1. The summed E-state index contributed by atoms with van der Waals surface area (Å²) < 4.78 is 11.3. The molecule has 3 rings (SSSR count). The highest BCUT2D eigenvalue weighted by molar-refractivity contribution is 7.07. The topological polar surface area (TPSA) is 50.8 Å². The SMILES string of the molecule is C[C@@H]1CN(C(=O)[C@@H]2COCCN2)C[C@@H](c2ccsc2)O1. The number of carbonyl (C=O) groups excluding carboxylic acids is 1. The van der Waals surface area contributed by atoms with Gasteiger partial charge in [0.05, 0.1) is 25.9 Å². The van der Waals surface area contributed by atoms with Crippen LogP contribution in [0.5, 0.6) is 0 Å². The van der Waals surface area contributed by atoms with Gasteiger partial charge in [-0.05, 0) is 29.3 Å². The van der Waals surface area contributed by atoms with Crippen LogP contribution in [0.2, 0.25) is 0 Å². The van der Waals surface area contributed by atoms with E-state index in [1.165, 1.54) is 0 Å². The van der Waals surface area contributed by atoms with Crippen molar-refractivity contribution in [3.63, 3.8) is 0 Å². The van der Waals surface area contributed by atoms with Crippen LogP contribution in [0.3, 0.4) is 0 Å². The largest absolute Gasteiger partial charge is 0.378 e. The Morgan fingerprint density at radius 1 is 1.50 bits per heavy atom. The van der Waals surface area contributed by atoms with Gasteiger partial charge in [-0.15, -0.1) is 0 Å². The van der Waals surface area contributed by atoms with E-state index >= 15 is 0 Å². The van der Waals surface area contributed by atoms with Crippen LogP contribution in [0.25, 0.3) is 0 Å². The van der Waals surface area contributed by atoms with E-state index in [1.807, 2.05) is 17.2 Å². The lowest BCUT2D eigenvalue weighted by Gasteiger charge is -2.39. The molecule has 0 unspecified atom stereocenters. The van der Waals surface area contributed by atoms with Crippen molar-refractivity contribution in [2.45, 2.75) is 25.2 Å². The van der Waals surface area contributed by atoms with Crippen LogP contribution in [-0.4, -0.2) is 55.8 Å². The van der Waals surface area contributed by atoms with Gasteiger partial charge in [-0.1, -0.05) is 0 Å². The molecule has 0 aromatic carbocycles. The Hall–Kier alpha value is -0.950.